The first-order chi connectivity index (χ1) is 8.54. The second-order valence-corrected chi connectivity index (χ2v) is 4.44. The normalized spacial score (nSPS) is 12.0. The predicted molar refractivity (Wildman–Crippen MR) is 71.3 cm³/mol. The Bertz CT molecular complexity index is 436. The summed E-state index contributed by atoms with van der Waals surface area (Å²) in [6, 6.07) is 3.34. The molecule has 1 atom stereocenters. The van der Waals surface area contributed by atoms with Crippen LogP contribution < -0.4 is 15.2 Å². The Morgan fingerprint density at radius 2 is 2.17 bits per heavy atom. The van der Waals surface area contributed by atoms with Crippen molar-refractivity contribution in [2.45, 2.75) is 12.8 Å². The number of carbonyl (C=O) groups is 1. The van der Waals surface area contributed by atoms with E-state index in [-0.39, 0.29) is 6.54 Å². The van der Waals surface area contributed by atoms with Crippen LogP contribution in [0.15, 0.2) is 16.6 Å². The molecule has 0 aliphatic carbocycles. The van der Waals surface area contributed by atoms with Crippen molar-refractivity contribution in [1.29, 1.82) is 0 Å². The van der Waals surface area contributed by atoms with Crippen molar-refractivity contribution in [3.63, 3.8) is 0 Å². The van der Waals surface area contributed by atoms with Crippen LogP contribution in [0.5, 0.6) is 11.5 Å². The topological polar surface area (TPSA) is 81.8 Å². The first-order valence-corrected chi connectivity index (χ1v) is 6.27. The number of aliphatic carboxylic acids is 1. The Morgan fingerprint density at radius 3 is 2.61 bits per heavy atom. The van der Waals surface area contributed by atoms with Gasteiger partial charge in [-0.3, -0.25) is 4.79 Å². The molecule has 1 aromatic rings. The Balaban J connectivity index is 3.31. The van der Waals surface area contributed by atoms with E-state index in [0.29, 0.717) is 28.1 Å². The van der Waals surface area contributed by atoms with Crippen LogP contribution in [-0.4, -0.2) is 31.3 Å². The molecular weight excluding hydrogens is 302 g/mol. The fraction of sp³-hybridized carbons (Fsp3) is 0.417. The lowest BCUT2D eigenvalue weighted by molar-refractivity contribution is -0.138. The molecule has 0 bridgehead atoms. The van der Waals surface area contributed by atoms with E-state index in [1.54, 1.807) is 12.1 Å². The lowest BCUT2D eigenvalue weighted by Gasteiger charge is -2.17. The smallest absolute Gasteiger partial charge is 0.312 e. The van der Waals surface area contributed by atoms with Crippen molar-refractivity contribution in [2.24, 2.45) is 5.73 Å². The van der Waals surface area contributed by atoms with Gasteiger partial charge in [-0.2, -0.15) is 0 Å². The standard InChI is InChI=1S/C12H16BrNO4/c1-3-18-10-5-11(17-2)9(13)4-7(10)8(6-14)12(15)16/h4-5,8H,3,6,14H2,1-2H3,(H,15,16). The number of halogens is 1. The van der Waals surface area contributed by atoms with Crippen molar-refractivity contribution >= 4 is 21.9 Å². The van der Waals surface area contributed by atoms with Crippen molar-refractivity contribution in [1.82, 2.24) is 0 Å². The van der Waals surface area contributed by atoms with Gasteiger partial charge in [-0.25, -0.2) is 0 Å². The van der Waals surface area contributed by atoms with Gasteiger partial charge in [0.15, 0.2) is 0 Å². The molecule has 0 aliphatic rings. The summed E-state index contributed by atoms with van der Waals surface area (Å²) < 4.78 is 11.3. The third kappa shape index (κ3) is 3.14. The fourth-order valence-electron chi connectivity index (χ4n) is 1.62. The van der Waals surface area contributed by atoms with E-state index in [1.807, 2.05) is 6.92 Å². The summed E-state index contributed by atoms with van der Waals surface area (Å²) in [5.41, 5.74) is 6.05. The second kappa shape index (κ2) is 6.61. The number of hydrogen-bond acceptors (Lipinski definition) is 4. The summed E-state index contributed by atoms with van der Waals surface area (Å²) in [6.07, 6.45) is 0. The third-order valence-electron chi connectivity index (χ3n) is 2.49. The molecule has 6 heteroatoms. The van der Waals surface area contributed by atoms with E-state index < -0.39 is 11.9 Å². The van der Waals surface area contributed by atoms with Gasteiger partial charge in [0.05, 0.1) is 24.1 Å². The molecule has 1 aromatic carbocycles. The van der Waals surface area contributed by atoms with Gasteiger partial charge in [0.1, 0.15) is 11.5 Å². The molecule has 0 saturated heterocycles. The van der Waals surface area contributed by atoms with Gasteiger partial charge >= 0.3 is 5.97 Å². The maximum absolute atomic E-state index is 11.2. The van der Waals surface area contributed by atoms with Gasteiger partial charge < -0.3 is 20.3 Å². The van der Waals surface area contributed by atoms with Crippen molar-refractivity contribution < 1.29 is 19.4 Å². The highest BCUT2D eigenvalue weighted by molar-refractivity contribution is 9.10. The molecule has 5 nitrogen and oxygen atoms in total. The highest BCUT2D eigenvalue weighted by atomic mass is 79.9. The molecule has 0 fully saturated rings. The summed E-state index contributed by atoms with van der Waals surface area (Å²) in [4.78, 5) is 11.2. The molecule has 0 radical (unpaired) electrons. The molecule has 1 unspecified atom stereocenters. The molecule has 100 valence electrons. The molecule has 0 heterocycles. The minimum absolute atomic E-state index is 0.00811. The minimum Gasteiger partial charge on any atom is -0.495 e. The first-order valence-electron chi connectivity index (χ1n) is 5.48. The number of carboxylic acid groups (broad SMARTS) is 1. The van der Waals surface area contributed by atoms with Crippen molar-refractivity contribution in [3.8, 4) is 11.5 Å². The number of methoxy groups -OCH3 is 1. The molecule has 0 saturated carbocycles. The van der Waals surface area contributed by atoms with Gasteiger partial charge in [0.25, 0.3) is 0 Å². The lowest BCUT2D eigenvalue weighted by Crippen LogP contribution is -2.22. The van der Waals surface area contributed by atoms with Crippen molar-refractivity contribution in [3.05, 3.63) is 22.2 Å². The summed E-state index contributed by atoms with van der Waals surface area (Å²) >= 11 is 3.32. The van der Waals surface area contributed by atoms with Crippen LogP contribution in [0, 0.1) is 0 Å². The van der Waals surface area contributed by atoms with Gasteiger partial charge in [0, 0.05) is 18.2 Å². The molecule has 0 spiro atoms. The summed E-state index contributed by atoms with van der Waals surface area (Å²) in [5.74, 6) is -0.706. The van der Waals surface area contributed by atoms with E-state index >= 15 is 0 Å². The Hall–Kier alpha value is -1.27. The van der Waals surface area contributed by atoms with Crippen LogP contribution in [0.3, 0.4) is 0 Å². The molecular formula is C12H16BrNO4. The van der Waals surface area contributed by atoms with E-state index in [1.165, 1.54) is 7.11 Å². The highest BCUT2D eigenvalue weighted by Gasteiger charge is 2.23. The van der Waals surface area contributed by atoms with E-state index in [4.69, 9.17) is 20.3 Å². The zero-order valence-corrected chi connectivity index (χ0v) is 11.9. The van der Waals surface area contributed by atoms with Gasteiger partial charge in [-0.1, -0.05) is 0 Å². The maximum atomic E-state index is 11.2. The molecule has 0 aromatic heterocycles. The summed E-state index contributed by atoms with van der Waals surface area (Å²) in [6.45, 7) is 2.28. The van der Waals surface area contributed by atoms with E-state index in [2.05, 4.69) is 15.9 Å². The minimum atomic E-state index is -0.976. The third-order valence-corrected chi connectivity index (χ3v) is 3.11. The van der Waals surface area contributed by atoms with E-state index in [9.17, 15) is 4.79 Å². The van der Waals surface area contributed by atoms with Crippen LogP contribution in [-0.2, 0) is 4.79 Å². The van der Waals surface area contributed by atoms with Gasteiger partial charge in [0.2, 0.25) is 0 Å². The Kier molecular flexibility index (Phi) is 5.43. The molecule has 0 amide bonds. The average molecular weight is 318 g/mol. The fourth-order valence-corrected chi connectivity index (χ4v) is 2.14. The molecule has 18 heavy (non-hydrogen) atoms. The Labute approximate surface area is 114 Å². The van der Waals surface area contributed by atoms with Crippen LogP contribution in [0.4, 0.5) is 0 Å². The molecule has 3 N–H and O–H groups in total. The number of hydrogen-bond donors (Lipinski definition) is 2. The second-order valence-electron chi connectivity index (χ2n) is 3.58. The highest BCUT2D eigenvalue weighted by Crippen LogP contribution is 2.36. The SMILES string of the molecule is CCOc1cc(OC)c(Br)cc1C(CN)C(=O)O. The number of benzene rings is 1. The number of nitrogens with two attached hydrogens (primary N) is 1. The van der Waals surface area contributed by atoms with E-state index in [0.717, 1.165) is 0 Å². The quantitative estimate of drug-likeness (QED) is 0.838. The summed E-state index contributed by atoms with van der Waals surface area (Å²) in [5, 5.41) is 9.15. The number of rotatable bonds is 6. The Morgan fingerprint density at radius 1 is 1.50 bits per heavy atom. The number of ether oxygens (including phenoxy) is 2. The zero-order valence-electron chi connectivity index (χ0n) is 10.3. The lowest BCUT2D eigenvalue weighted by atomic mass is 9.98. The average Bonchev–Trinajstić information content (AvgIpc) is 2.32. The van der Waals surface area contributed by atoms with Crippen LogP contribution >= 0.6 is 15.9 Å². The van der Waals surface area contributed by atoms with Crippen LogP contribution in [0.25, 0.3) is 0 Å². The van der Waals surface area contributed by atoms with Crippen molar-refractivity contribution in [2.75, 3.05) is 20.3 Å². The monoisotopic (exact) mass is 317 g/mol. The largest absolute Gasteiger partial charge is 0.495 e. The molecule has 0 aliphatic heterocycles. The summed E-state index contributed by atoms with van der Waals surface area (Å²) in [7, 11) is 1.53. The van der Waals surface area contributed by atoms with Crippen LogP contribution in [0.2, 0.25) is 0 Å². The van der Waals surface area contributed by atoms with Gasteiger partial charge in [-0.05, 0) is 28.9 Å². The maximum Gasteiger partial charge on any atom is 0.312 e. The molecule has 1 rings (SSSR count). The number of carboxylic acids is 1. The van der Waals surface area contributed by atoms with Gasteiger partial charge in [-0.15, -0.1) is 0 Å². The zero-order chi connectivity index (χ0) is 13.7. The predicted octanol–water partition coefficient (Wildman–Crippen LogP) is 1.98. The van der Waals surface area contributed by atoms with Crippen LogP contribution in [0.1, 0.15) is 18.4 Å². The first kappa shape index (κ1) is 14.8.